The molecule has 0 atom stereocenters. The first-order chi connectivity index (χ1) is 13.0. The molecule has 8 heteroatoms. The maximum absolute atomic E-state index is 13.1. The molecule has 0 bridgehead atoms. The monoisotopic (exact) mass is 409 g/mol. The van der Waals surface area contributed by atoms with Crippen molar-refractivity contribution in [1.29, 1.82) is 0 Å². The molecule has 1 aromatic carbocycles. The number of amides is 1. The molecule has 1 aliphatic rings. The number of nitrogens with one attached hydrogen (secondary N) is 2. The van der Waals surface area contributed by atoms with E-state index in [1.807, 2.05) is 13.8 Å². The second-order valence-corrected chi connectivity index (χ2v) is 7.01. The number of nitrogens with zero attached hydrogens (tertiary/aromatic N) is 3. The van der Waals surface area contributed by atoms with Crippen molar-refractivity contribution in [1.82, 2.24) is 25.3 Å². The van der Waals surface area contributed by atoms with Gasteiger partial charge in [-0.25, -0.2) is 9.07 Å². The first-order valence-corrected chi connectivity index (χ1v) is 9.55. The summed E-state index contributed by atoms with van der Waals surface area (Å²) in [6.07, 6.45) is 1.27. The van der Waals surface area contributed by atoms with Gasteiger partial charge in [0.05, 0.1) is 17.8 Å². The van der Waals surface area contributed by atoms with Crippen LogP contribution in [0.5, 0.6) is 0 Å². The van der Waals surface area contributed by atoms with E-state index in [9.17, 15) is 9.18 Å². The molecule has 1 aromatic heterocycles. The van der Waals surface area contributed by atoms with Crippen LogP contribution in [0.2, 0.25) is 0 Å². The van der Waals surface area contributed by atoms with Gasteiger partial charge in [-0.2, -0.15) is 5.10 Å². The summed E-state index contributed by atoms with van der Waals surface area (Å²) in [4.78, 5) is 14.8. The van der Waals surface area contributed by atoms with Gasteiger partial charge in [-0.15, -0.1) is 12.4 Å². The summed E-state index contributed by atoms with van der Waals surface area (Å²) in [6.45, 7) is 9.79. The maximum Gasteiger partial charge on any atom is 0.224 e. The van der Waals surface area contributed by atoms with Crippen molar-refractivity contribution in [3.05, 3.63) is 47.0 Å². The lowest BCUT2D eigenvalue weighted by atomic mass is 10.1. The van der Waals surface area contributed by atoms with E-state index in [1.54, 1.807) is 16.8 Å². The first-order valence-electron chi connectivity index (χ1n) is 9.55. The number of benzene rings is 1. The predicted molar refractivity (Wildman–Crippen MR) is 111 cm³/mol. The topological polar surface area (TPSA) is 62.2 Å². The van der Waals surface area contributed by atoms with Crippen LogP contribution in [0.15, 0.2) is 24.3 Å². The SMILES string of the molecule is Cc1nn(-c2ccc(F)cc2)c(C)c1CC(=O)NCCCN1CCNCC1.Cl. The highest BCUT2D eigenvalue weighted by atomic mass is 35.5. The summed E-state index contributed by atoms with van der Waals surface area (Å²) < 4.78 is 14.9. The smallest absolute Gasteiger partial charge is 0.224 e. The van der Waals surface area contributed by atoms with Crippen LogP contribution in [0.3, 0.4) is 0 Å². The summed E-state index contributed by atoms with van der Waals surface area (Å²) >= 11 is 0. The normalized spacial score (nSPS) is 14.5. The number of hydrogen-bond acceptors (Lipinski definition) is 4. The highest BCUT2D eigenvalue weighted by molar-refractivity contribution is 5.85. The molecule has 0 spiro atoms. The fourth-order valence-electron chi connectivity index (χ4n) is 3.45. The van der Waals surface area contributed by atoms with Gasteiger partial charge in [0.2, 0.25) is 5.91 Å². The molecular formula is C20H29ClFN5O. The van der Waals surface area contributed by atoms with Crippen molar-refractivity contribution in [2.45, 2.75) is 26.7 Å². The Kier molecular flexibility index (Phi) is 8.41. The molecule has 2 heterocycles. The van der Waals surface area contributed by atoms with Gasteiger partial charge in [0.25, 0.3) is 0 Å². The number of aryl methyl sites for hydroxylation is 1. The number of aromatic nitrogens is 2. The Hall–Kier alpha value is -1.96. The van der Waals surface area contributed by atoms with Gasteiger partial charge < -0.3 is 15.5 Å². The Morgan fingerprint density at radius 1 is 1.21 bits per heavy atom. The van der Waals surface area contributed by atoms with Crippen LogP contribution in [0.25, 0.3) is 5.69 Å². The van der Waals surface area contributed by atoms with E-state index in [0.29, 0.717) is 13.0 Å². The first kappa shape index (κ1) is 22.3. The molecule has 1 aliphatic heterocycles. The van der Waals surface area contributed by atoms with Crippen LogP contribution in [-0.4, -0.2) is 59.9 Å². The lowest BCUT2D eigenvalue weighted by molar-refractivity contribution is -0.120. The molecule has 3 rings (SSSR count). The largest absolute Gasteiger partial charge is 0.356 e. The summed E-state index contributed by atoms with van der Waals surface area (Å²) in [5, 5.41) is 10.9. The van der Waals surface area contributed by atoms with Gasteiger partial charge in [0.15, 0.2) is 0 Å². The van der Waals surface area contributed by atoms with E-state index in [0.717, 1.165) is 61.8 Å². The van der Waals surface area contributed by atoms with Crippen LogP contribution in [0.1, 0.15) is 23.4 Å². The average molecular weight is 410 g/mol. The highest BCUT2D eigenvalue weighted by Gasteiger charge is 2.16. The Morgan fingerprint density at radius 3 is 2.57 bits per heavy atom. The standard InChI is InChI=1S/C20H28FN5O.ClH/c1-15-19(16(2)26(24-15)18-6-4-17(21)5-7-18)14-20(27)23-8-3-11-25-12-9-22-10-13-25;/h4-7,22H,3,8-14H2,1-2H3,(H,23,27);1H. The van der Waals surface area contributed by atoms with E-state index in [4.69, 9.17) is 0 Å². The van der Waals surface area contributed by atoms with Crippen LogP contribution < -0.4 is 10.6 Å². The molecule has 0 aliphatic carbocycles. The third-order valence-corrected chi connectivity index (χ3v) is 5.03. The fraction of sp³-hybridized carbons (Fsp3) is 0.500. The van der Waals surface area contributed by atoms with Crippen LogP contribution in [0, 0.1) is 19.7 Å². The average Bonchev–Trinajstić information content (AvgIpc) is 2.95. The van der Waals surface area contributed by atoms with Gasteiger partial charge in [-0.05, 0) is 51.1 Å². The van der Waals surface area contributed by atoms with E-state index < -0.39 is 0 Å². The van der Waals surface area contributed by atoms with Gasteiger partial charge >= 0.3 is 0 Å². The van der Waals surface area contributed by atoms with E-state index >= 15 is 0 Å². The quantitative estimate of drug-likeness (QED) is 0.687. The predicted octanol–water partition coefficient (Wildman–Crippen LogP) is 2.00. The van der Waals surface area contributed by atoms with Gasteiger partial charge in [0.1, 0.15) is 5.82 Å². The van der Waals surface area contributed by atoms with Crippen molar-refractivity contribution in [2.24, 2.45) is 0 Å². The minimum absolute atomic E-state index is 0. The number of hydrogen-bond donors (Lipinski definition) is 2. The second kappa shape index (κ2) is 10.5. The Balaban J connectivity index is 0.00000280. The van der Waals surface area contributed by atoms with Crippen molar-refractivity contribution in [3.63, 3.8) is 0 Å². The van der Waals surface area contributed by atoms with Gasteiger partial charge in [-0.1, -0.05) is 0 Å². The summed E-state index contributed by atoms with van der Waals surface area (Å²) in [6, 6.07) is 6.20. The number of halogens is 2. The fourth-order valence-corrected chi connectivity index (χ4v) is 3.45. The molecule has 1 fully saturated rings. The van der Waals surface area contributed by atoms with E-state index in [-0.39, 0.29) is 24.1 Å². The molecule has 1 amide bonds. The third-order valence-electron chi connectivity index (χ3n) is 5.03. The molecule has 0 saturated carbocycles. The lowest BCUT2D eigenvalue weighted by Gasteiger charge is -2.27. The van der Waals surface area contributed by atoms with Gasteiger partial charge in [0, 0.05) is 44.0 Å². The second-order valence-electron chi connectivity index (χ2n) is 7.01. The Bertz CT molecular complexity index is 772. The molecule has 6 nitrogen and oxygen atoms in total. The van der Waals surface area contributed by atoms with E-state index in [2.05, 4.69) is 20.6 Å². The summed E-state index contributed by atoms with van der Waals surface area (Å²) in [7, 11) is 0. The van der Waals surface area contributed by atoms with Crippen molar-refractivity contribution < 1.29 is 9.18 Å². The highest BCUT2D eigenvalue weighted by Crippen LogP contribution is 2.18. The molecule has 0 radical (unpaired) electrons. The molecule has 2 aromatic rings. The zero-order valence-corrected chi connectivity index (χ0v) is 17.3. The van der Waals surface area contributed by atoms with Crippen LogP contribution in [-0.2, 0) is 11.2 Å². The Labute approximate surface area is 171 Å². The van der Waals surface area contributed by atoms with Crippen molar-refractivity contribution in [3.8, 4) is 5.69 Å². The lowest BCUT2D eigenvalue weighted by Crippen LogP contribution is -2.44. The minimum Gasteiger partial charge on any atom is -0.356 e. The van der Waals surface area contributed by atoms with Gasteiger partial charge in [-0.3, -0.25) is 4.79 Å². The zero-order valence-electron chi connectivity index (χ0n) is 16.5. The maximum atomic E-state index is 13.1. The van der Waals surface area contributed by atoms with Crippen LogP contribution >= 0.6 is 12.4 Å². The number of piperazine rings is 1. The zero-order chi connectivity index (χ0) is 19.2. The minimum atomic E-state index is -0.277. The van der Waals surface area contributed by atoms with Crippen LogP contribution in [0.4, 0.5) is 4.39 Å². The number of carbonyl (C=O) groups excluding carboxylic acids is 1. The van der Waals surface area contributed by atoms with E-state index in [1.165, 1.54) is 12.1 Å². The molecule has 1 saturated heterocycles. The summed E-state index contributed by atoms with van der Waals surface area (Å²) in [5.41, 5.74) is 3.46. The number of carbonyl (C=O) groups is 1. The Morgan fingerprint density at radius 2 is 1.89 bits per heavy atom. The molecule has 0 unspecified atom stereocenters. The van der Waals surface area contributed by atoms with Crippen molar-refractivity contribution in [2.75, 3.05) is 39.3 Å². The molecule has 28 heavy (non-hydrogen) atoms. The molecule has 2 N–H and O–H groups in total. The summed E-state index contributed by atoms with van der Waals surface area (Å²) in [5.74, 6) is -0.263. The third kappa shape index (κ3) is 5.77. The molecule has 154 valence electrons. The van der Waals surface area contributed by atoms with Crippen molar-refractivity contribution >= 4 is 18.3 Å². The molecular weight excluding hydrogens is 381 g/mol. The number of rotatable bonds is 7.